The van der Waals surface area contributed by atoms with Gasteiger partial charge in [0.05, 0.1) is 6.61 Å². The van der Waals surface area contributed by atoms with E-state index in [0.29, 0.717) is 38.5 Å². The molecule has 0 aromatic rings. The van der Waals surface area contributed by atoms with Crippen LogP contribution in [-0.4, -0.2) is 48.7 Å². The molecule has 3 N–H and O–H groups in total. The molecule has 1 atom stereocenters. The number of ether oxygens (including phenoxy) is 1. The molecule has 0 aromatic carbocycles. The van der Waals surface area contributed by atoms with E-state index >= 15 is 0 Å². The van der Waals surface area contributed by atoms with Crippen molar-refractivity contribution in [3.63, 3.8) is 0 Å². The predicted octanol–water partition coefficient (Wildman–Crippen LogP) is 1.03. The SMILES string of the molecule is CCC(CC)(C(=O)N1CCC(COC)C1)C(N)=NO. The molecule has 0 saturated carbocycles. The van der Waals surface area contributed by atoms with Crippen molar-refractivity contribution in [1.82, 2.24) is 4.90 Å². The lowest BCUT2D eigenvalue weighted by atomic mass is 9.79. The van der Waals surface area contributed by atoms with Crippen LogP contribution in [0.4, 0.5) is 0 Å². The largest absolute Gasteiger partial charge is 0.409 e. The normalized spacial score (nSPS) is 20.9. The summed E-state index contributed by atoms with van der Waals surface area (Å²) >= 11 is 0. The van der Waals surface area contributed by atoms with E-state index in [9.17, 15) is 4.79 Å². The highest BCUT2D eigenvalue weighted by atomic mass is 16.5. The van der Waals surface area contributed by atoms with Gasteiger partial charge in [0.15, 0.2) is 5.84 Å². The number of hydrogen-bond donors (Lipinski definition) is 2. The average molecular weight is 271 g/mol. The Balaban J connectivity index is 2.85. The van der Waals surface area contributed by atoms with Gasteiger partial charge in [0.25, 0.3) is 0 Å². The molecule has 0 spiro atoms. The molecule has 6 nitrogen and oxygen atoms in total. The maximum atomic E-state index is 12.7. The first kappa shape index (κ1) is 15.8. The lowest BCUT2D eigenvalue weighted by Crippen LogP contribution is -2.50. The second-order valence-corrected chi connectivity index (χ2v) is 5.14. The Labute approximate surface area is 114 Å². The number of hydrogen-bond acceptors (Lipinski definition) is 4. The number of nitrogens with zero attached hydrogens (tertiary/aromatic N) is 2. The lowest BCUT2D eigenvalue weighted by molar-refractivity contribution is -0.138. The van der Waals surface area contributed by atoms with Crippen LogP contribution in [0.2, 0.25) is 0 Å². The Morgan fingerprint density at radius 1 is 1.53 bits per heavy atom. The number of oxime groups is 1. The molecule has 1 unspecified atom stereocenters. The molecule has 0 aromatic heterocycles. The van der Waals surface area contributed by atoms with Gasteiger partial charge in [-0.1, -0.05) is 19.0 Å². The number of amides is 1. The summed E-state index contributed by atoms with van der Waals surface area (Å²) in [5.41, 5.74) is 4.88. The van der Waals surface area contributed by atoms with Gasteiger partial charge in [-0.25, -0.2) is 0 Å². The Bertz CT molecular complexity index is 340. The Kier molecular flexibility index (Phi) is 5.60. The van der Waals surface area contributed by atoms with Crippen molar-refractivity contribution < 1.29 is 14.7 Å². The van der Waals surface area contributed by atoms with Crippen LogP contribution < -0.4 is 5.73 Å². The maximum Gasteiger partial charge on any atom is 0.236 e. The summed E-state index contributed by atoms with van der Waals surface area (Å²) in [5, 5.41) is 12.0. The molecule has 1 fully saturated rings. The zero-order chi connectivity index (χ0) is 14.5. The van der Waals surface area contributed by atoms with Crippen LogP contribution in [0.15, 0.2) is 5.16 Å². The third-order valence-corrected chi connectivity index (χ3v) is 4.19. The van der Waals surface area contributed by atoms with Crippen molar-refractivity contribution in [2.75, 3.05) is 26.8 Å². The summed E-state index contributed by atoms with van der Waals surface area (Å²) < 4.78 is 5.13. The van der Waals surface area contributed by atoms with Crippen LogP contribution in [0.3, 0.4) is 0 Å². The van der Waals surface area contributed by atoms with Gasteiger partial charge in [0.2, 0.25) is 5.91 Å². The minimum atomic E-state index is -0.878. The third kappa shape index (κ3) is 3.00. The summed E-state index contributed by atoms with van der Waals surface area (Å²) in [4.78, 5) is 14.5. The monoisotopic (exact) mass is 271 g/mol. The fraction of sp³-hybridized carbons (Fsp3) is 0.846. The topological polar surface area (TPSA) is 88.2 Å². The first-order valence-corrected chi connectivity index (χ1v) is 6.82. The zero-order valence-electron chi connectivity index (χ0n) is 12.1. The molecule has 1 rings (SSSR count). The number of amidine groups is 1. The third-order valence-electron chi connectivity index (χ3n) is 4.19. The van der Waals surface area contributed by atoms with Gasteiger partial charge in [-0.15, -0.1) is 0 Å². The van der Waals surface area contributed by atoms with Crippen LogP contribution in [-0.2, 0) is 9.53 Å². The first-order valence-electron chi connectivity index (χ1n) is 6.82. The van der Waals surface area contributed by atoms with Gasteiger partial charge < -0.3 is 20.6 Å². The van der Waals surface area contributed by atoms with E-state index < -0.39 is 5.41 Å². The number of rotatable bonds is 6. The standard InChI is InChI=1S/C13H25N3O3/c1-4-13(5-2,11(14)15-18)12(17)16-7-6-10(8-16)9-19-3/h10,18H,4-9H2,1-3H3,(H2,14,15). The summed E-state index contributed by atoms with van der Waals surface area (Å²) in [6, 6.07) is 0. The van der Waals surface area contributed by atoms with Crippen LogP contribution in [0.1, 0.15) is 33.1 Å². The fourth-order valence-electron chi connectivity index (χ4n) is 2.81. The van der Waals surface area contributed by atoms with Crippen molar-refractivity contribution in [2.24, 2.45) is 22.2 Å². The first-order chi connectivity index (χ1) is 9.05. The smallest absolute Gasteiger partial charge is 0.236 e. The summed E-state index contributed by atoms with van der Waals surface area (Å²) in [7, 11) is 1.67. The molecule has 0 bridgehead atoms. The van der Waals surface area contributed by atoms with E-state index in [1.54, 1.807) is 7.11 Å². The van der Waals surface area contributed by atoms with Gasteiger partial charge >= 0.3 is 0 Å². The minimum Gasteiger partial charge on any atom is -0.409 e. The van der Waals surface area contributed by atoms with E-state index in [4.69, 9.17) is 15.7 Å². The van der Waals surface area contributed by atoms with E-state index in [1.165, 1.54) is 0 Å². The van der Waals surface area contributed by atoms with E-state index in [-0.39, 0.29) is 11.7 Å². The van der Waals surface area contributed by atoms with Crippen LogP contribution in [0, 0.1) is 11.3 Å². The lowest BCUT2D eigenvalue weighted by Gasteiger charge is -2.33. The molecular formula is C13H25N3O3. The molecule has 1 heterocycles. The maximum absolute atomic E-state index is 12.7. The minimum absolute atomic E-state index is 0.0118. The van der Waals surface area contributed by atoms with Gasteiger partial charge in [-0.3, -0.25) is 4.79 Å². The van der Waals surface area contributed by atoms with Gasteiger partial charge in [-0.05, 0) is 19.3 Å². The second kappa shape index (κ2) is 6.75. The van der Waals surface area contributed by atoms with Crippen molar-refractivity contribution in [2.45, 2.75) is 33.1 Å². The predicted molar refractivity (Wildman–Crippen MR) is 73.0 cm³/mol. The zero-order valence-corrected chi connectivity index (χ0v) is 12.1. The number of nitrogens with two attached hydrogens (primary N) is 1. The molecule has 19 heavy (non-hydrogen) atoms. The highest BCUT2D eigenvalue weighted by molar-refractivity contribution is 6.06. The number of carbonyl (C=O) groups is 1. The van der Waals surface area contributed by atoms with Crippen molar-refractivity contribution in [3.05, 3.63) is 0 Å². The second-order valence-electron chi connectivity index (χ2n) is 5.14. The number of likely N-dealkylation sites (tertiary alicyclic amines) is 1. The summed E-state index contributed by atoms with van der Waals surface area (Å²) in [5.74, 6) is 0.358. The van der Waals surface area contributed by atoms with Crippen molar-refractivity contribution >= 4 is 11.7 Å². The van der Waals surface area contributed by atoms with Crippen LogP contribution in [0.5, 0.6) is 0 Å². The Morgan fingerprint density at radius 2 is 2.16 bits per heavy atom. The van der Waals surface area contributed by atoms with Crippen molar-refractivity contribution in [3.8, 4) is 0 Å². The summed E-state index contributed by atoms with van der Waals surface area (Å²) in [6.07, 6.45) is 2.01. The Morgan fingerprint density at radius 3 is 2.63 bits per heavy atom. The van der Waals surface area contributed by atoms with E-state index in [2.05, 4.69) is 5.16 Å². The molecule has 1 aliphatic rings. The van der Waals surface area contributed by atoms with E-state index in [1.807, 2.05) is 18.7 Å². The van der Waals surface area contributed by atoms with Crippen LogP contribution >= 0.6 is 0 Å². The van der Waals surface area contributed by atoms with Gasteiger partial charge in [0, 0.05) is 26.1 Å². The molecule has 6 heteroatoms. The van der Waals surface area contributed by atoms with E-state index in [0.717, 1.165) is 6.42 Å². The molecular weight excluding hydrogens is 246 g/mol. The number of carbonyl (C=O) groups excluding carboxylic acids is 1. The average Bonchev–Trinajstić information content (AvgIpc) is 2.89. The molecule has 1 aliphatic heterocycles. The van der Waals surface area contributed by atoms with Gasteiger partial charge in [-0.2, -0.15) is 0 Å². The molecule has 110 valence electrons. The molecule has 0 radical (unpaired) electrons. The highest BCUT2D eigenvalue weighted by Crippen LogP contribution is 2.32. The molecule has 1 saturated heterocycles. The van der Waals surface area contributed by atoms with Crippen LogP contribution in [0.25, 0.3) is 0 Å². The van der Waals surface area contributed by atoms with Gasteiger partial charge in [0.1, 0.15) is 5.41 Å². The fourth-order valence-corrected chi connectivity index (χ4v) is 2.81. The molecule has 1 amide bonds. The summed E-state index contributed by atoms with van der Waals surface area (Å²) in [6.45, 7) is 5.85. The molecule has 0 aliphatic carbocycles. The van der Waals surface area contributed by atoms with Crippen molar-refractivity contribution in [1.29, 1.82) is 0 Å². The quantitative estimate of drug-likeness (QED) is 0.327. The Hall–Kier alpha value is -1.30. The number of methoxy groups -OCH3 is 1. The highest BCUT2D eigenvalue weighted by Gasteiger charge is 2.44.